The molecule has 0 bridgehead atoms. The second kappa shape index (κ2) is 8.27. The van der Waals surface area contributed by atoms with Gasteiger partial charge in [0, 0.05) is 35.4 Å². The largest absolute Gasteiger partial charge is 0.342 e. The Bertz CT molecular complexity index is 937. The molecule has 0 saturated carbocycles. The third-order valence-electron chi connectivity index (χ3n) is 4.22. The highest BCUT2D eigenvalue weighted by molar-refractivity contribution is 6.03. The van der Waals surface area contributed by atoms with Crippen LogP contribution in [0.5, 0.6) is 0 Å². The Kier molecular flexibility index (Phi) is 5.61. The van der Waals surface area contributed by atoms with Crippen molar-refractivity contribution < 1.29 is 9.59 Å². The molecule has 1 amide bonds. The molecule has 0 spiro atoms. The zero-order valence-electron chi connectivity index (χ0n) is 15.3. The fourth-order valence-electron chi connectivity index (χ4n) is 2.82. The van der Waals surface area contributed by atoms with Crippen molar-refractivity contribution in [1.29, 1.82) is 0 Å². The van der Waals surface area contributed by atoms with Crippen molar-refractivity contribution in [1.82, 2.24) is 4.98 Å². The molecule has 1 heterocycles. The lowest BCUT2D eigenvalue weighted by Gasteiger charge is -2.23. The normalized spacial score (nSPS) is 10.3. The number of rotatable bonds is 6. The van der Waals surface area contributed by atoms with Crippen LogP contribution in [0.3, 0.4) is 0 Å². The average molecular weight is 359 g/mol. The minimum atomic E-state index is -0.295. The molecule has 136 valence electrons. The van der Waals surface area contributed by atoms with Crippen LogP contribution in [0, 0.1) is 0 Å². The Morgan fingerprint density at radius 3 is 2.30 bits per heavy atom. The topological polar surface area (TPSA) is 62.3 Å². The van der Waals surface area contributed by atoms with Gasteiger partial charge in [0.25, 0.3) is 5.91 Å². The predicted octanol–water partition coefficient (Wildman–Crippen LogP) is 4.69. The maximum atomic E-state index is 12.6. The summed E-state index contributed by atoms with van der Waals surface area (Å²) in [5.74, 6) is -0.306. The number of aromatic nitrogens is 1. The van der Waals surface area contributed by atoms with Crippen molar-refractivity contribution in [2.75, 3.05) is 16.8 Å². The number of carbonyl (C=O) groups is 2. The van der Waals surface area contributed by atoms with E-state index in [-0.39, 0.29) is 11.7 Å². The van der Waals surface area contributed by atoms with Crippen LogP contribution in [0.1, 0.15) is 34.7 Å². The Morgan fingerprint density at radius 2 is 1.67 bits per heavy atom. The molecule has 0 aliphatic carbocycles. The number of nitrogens with one attached hydrogen (secondary N) is 1. The zero-order chi connectivity index (χ0) is 19.2. The number of benzene rings is 2. The molecule has 27 heavy (non-hydrogen) atoms. The average Bonchev–Trinajstić information content (AvgIpc) is 2.70. The molecule has 2 aromatic carbocycles. The van der Waals surface area contributed by atoms with Gasteiger partial charge in [-0.05, 0) is 62.4 Å². The highest BCUT2D eigenvalue weighted by Gasteiger charge is 2.12. The number of hydrogen-bond acceptors (Lipinski definition) is 4. The molecular weight excluding hydrogens is 338 g/mol. The van der Waals surface area contributed by atoms with Gasteiger partial charge in [-0.25, -0.2) is 0 Å². The van der Waals surface area contributed by atoms with Crippen LogP contribution in [-0.2, 0) is 0 Å². The van der Waals surface area contributed by atoms with Gasteiger partial charge in [0.15, 0.2) is 5.78 Å². The molecule has 3 aromatic rings. The fraction of sp³-hybridized carbons (Fsp3) is 0.136. The second-order valence-corrected chi connectivity index (χ2v) is 6.07. The van der Waals surface area contributed by atoms with E-state index in [1.807, 2.05) is 36.4 Å². The van der Waals surface area contributed by atoms with Gasteiger partial charge in [-0.15, -0.1) is 0 Å². The molecule has 0 aliphatic rings. The Balaban J connectivity index is 1.80. The number of carbonyl (C=O) groups excluding carboxylic acids is 2. The quantitative estimate of drug-likeness (QED) is 0.648. The highest BCUT2D eigenvalue weighted by Crippen LogP contribution is 2.25. The van der Waals surface area contributed by atoms with E-state index in [9.17, 15) is 9.59 Å². The monoisotopic (exact) mass is 359 g/mol. The first kappa shape index (κ1) is 18.3. The van der Waals surface area contributed by atoms with Gasteiger partial charge in [-0.1, -0.05) is 18.2 Å². The van der Waals surface area contributed by atoms with Crippen LogP contribution in [-0.4, -0.2) is 23.2 Å². The van der Waals surface area contributed by atoms with Crippen LogP contribution < -0.4 is 10.2 Å². The van der Waals surface area contributed by atoms with E-state index < -0.39 is 0 Å². The van der Waals surface area contributed by atoms with E-state index in [0.717, 1.165) is 17.9 Å². The number of amides is 1. The van der Waals surface area contributed by atoms with Crippen molar-refractivity contribution >= 4 is 28.8 Å². The van der Waals surface area contributed by atoms with Gasteiger partial charge >= 0.3 is 0 Å². The highest BCUT2D eigenvalue weighted by atomic mass is 16.2. The summed E-state index contributed by atoms with van der Waals surface area (Å²) in [6.45, 7) is 4.33. The number of Topliss-reactive ketones (excluding diaryl/α,β-unsaturated/α-hetero) is 1. The SMILES string of the molecule is CCN(c1ccccc1)c1ccnc(C(=O)Nc2ccc(C(C)=O)cc2)c1. The molecule has 5 heteroatoms. The summed E-state index contributed by atoms with van der Waals surface area (Å²) < 4.78 is 0. The van der Waals surface area contributed by atoms with Crippen LogP contribution in [0.2, 0.25) is 0 Å². The van der Waals surface area contributed by atoms with Crippen LogP contribution in [0.25, 0.3) is 0 Å². The molecule has 1 aromatic heterocycles. The summed E-state index contributed by atoms with van der Waals surface area (Å²) in [4.78, 5) is 30.2. The predicted molar refractivity (Wildman–Crippen MR) is 108 cm³/mol. The van der Waals surface area contributed by atoms with Crippen LogP contribution >= 0.6 is 0 Å². The second-order valence-electron chi connectivity index (χ2n) is 6.07. The molecule has 0 fully saturated rings. The lowest BCUT2D eigenvalue weighted by atomic mass is 10.1. The molecule has 0 atom stereocenters. The number of hydrogen-bond donors (Lipinski definition) is 1. The van der Waals surface area contributed by atoms with Crippen molar-refractivity contribution in [3.8, 4) is 0 Å². The van der Waals surface area contributed by atoms with E-state index >= 15 is 0 Å². The summed E-state index contributed by atoms with van der Waals surface area (Å²) in [6, 6.07) is 20.5. The van der Waals surface area contributed by atoms with Crippen molar-refractivity contribution in [3.63, 3.8) is 0 Å². The molecule has 0 saturated heterocycles. The van der Waals surface area contributed by atoms with Crippen LogP contribution in [0.4, 0.5) is 17.1 Å². The first-order chi connectivity index (χ1) is 13.1. The van der Waals surface area contributed by atoms with E-state index in [2.05, 4.69) is 22.1 Å². The minimum Gasteiger partial charge on any atom is -0.342 e. The first-order valence-electron chi connectivity index (χ1n) is 8.79. The number of ketones is 1. The minimum absolute atomic E-state index is 0.0113. The molecule has 0 unspecified atom stereocenters. The lowest BCUT2D eigenvalue weighted by molar-refractivity contribution is 0.101. The van der Waals surface area contributed by atoms with Crippen molar-refractivity contribution in [3.05, 3.63) is 84.2 Å². The third-order valence-corrected chi connectivity index (χ3v) is 4.22. The van der Waals surface area contributed by atoms with E-state index in [4.69, 9.17) is 0 Å². The number of anilines is 3. The summed E-state index contributed by atoms with van der Waals surface area (Å²) in [5, 5.41) is 2.82. The number of pyridine rings is 1. The molecule has 0 radical (unpaired) electrons. The number of para-hydroxylation sites is 1. The maximum absolute atomic E-state index is 12.6. The molecule has 0 aliphatic heterocycles. The van der Waals surface area contributed by atoms with Crippen LogP contribution in [0.15, 0.2) is 72.9 Å². The Labute approximate surface area is 158 Å². The summed E-state index contributed by atoms with van der Waals surface area (Å²) in [6.07, 6.45) is 1.63. The summed E-state index contributed by atoms with van der Waals surface area (Å²) in [5.41, 5.74) is 3.51. The Morgan fingerprint density at radius 1 is 0.963 bits per heavy atom. The maximum Gasteiger partial charge on any atom is 0.274 e. The van der Waals surface area contributed by atoms with E-state index in [1.54, 1.807) is 36.5 Å². The summed E-state index contributed by atoms with van der Waals surface area (Å²) >= 11 is 0. The zero-order valence-corrected chi connectivity index (χ0v) is 15.3. The molecule has 3 rings (SSSR count). The van der Waals surface area contributed by atoms with Gasteiger partial charge in [0.2, 0.25) is 0 Å². The van der Waals surface area contributed by atoms with Gasteiger partial charge in [-0.3, -0.25) is 14.6 Å². The standard InChI is InChI=1S/C22H21N3O2/c1-3-25(19-7-5-4-6-8-19)20-13-14-23-21(15-20)22(27)24-18-11-9-17(10-12-18)16(2)26/h4-15H,3H2,1-2H3,(H,24,27). The van der Waals surface area contributed by atoms with Crippen molar-refractivity contribution in [2.45, 2.75) is 13.8 Å². The van der Waals surface area contributed by atoms with Gasteiger partial charge in [-0.2, -0.15) is 0 Å². The van der Waals surface area contributed by atoms with Gasteiger partial charge in [0.1, 0.15) is 5.69 Å². The summed E-state index contributed by atoms with van der Waals surface area (Å²) in [7, 11) is 0. The lowest BCUT2D eigenvalue weighted by Crippen LogP contribution is -2.18. The molecular formula is C22H21N3O2. The smallest absolute Gasteiger partial charge is 0.274 e. The van der Waals surface area contributed by atoms with E-state index in [0.29, 0.717) is 16.9 Å². The number of nitrogens with zero attached hydrogens (tertiary/aromatic N) is 2. The van der Waals surface area contributed by atoms with Gasteiger partial charge in [0.05, 0.1) is 0 Å². The first-order valence-corrected chi connectivity index (χ1v) is 8.79. The fourth-order valence-corrected chi connectivity index (χ4v) is 2.82. The van der Waals surface area contributed by atoms with Gasteiger partial charge < -0.3 is 10.2 Å². The third kappa shape index (κ3) is 4.39. The molecule has 1 N–H and O–H groups in total. The van der Waals surface area contributed by atoms with Crippen molar-refractivity contribution in [2.24, 2.45) is 0 Å². The Hall–Kier alpha value is -3.47. The molecule has 5 nitrogen and oxygen atoms in total. The van der Waals surface area contributed by atoms with E-state index in [1.165, 1.54) is 6.92 Å².